The summed E-state index contributed by atoms with van der Waals surface area (Å²) < 4.78 is 0. The second-order valence-corrected chi connectivity index (χ2v) is 3.38. The third-order valence-electron chi connectivity index (χ3n) is 2.20. The Labute approximate surface area is 65.3 Å². The van der Waals surface area contributed by atoms with E-state index >= 15 is 0 Å². The average molecular weight is 140 g/mol. The van der Waals surface area contributed by atoms with Gasteiger partial charge in [-0.3, -0.25) is 0 Å². The molecule has 0 saturated heterocycles. The van der Waals surface area contributed by atoms with E-state index in [1.807, 2.05) is 0 Å². The van der Waals surface area contributed by atoms with Gasteiger partial charge in [0.2, 0.25) is 0 Å². The maximum absolute atomic E-state index is 3.00. The van der Waals surface area contributed by atoms with Gasteiger partial charge in [0.15, 0.2) is 0 Å². The second-order valence-electron chi connectivity index (χ2n) is 3.38. The highest BCUT2D eigenvalue weighted by molar-refractivity contribution is 4.66. The van der Waals surface area contributed by atoms with Crippen molar-refractivity contribution in [2.45, 2.75) is 39.5 Å². The van der Waals surface area contributed by atoms with Crippen molar-refractivity contribution in [2.24, 2.45) is 11.8 Å². The molecule has 0 heterocycles. The SMILES string of the molecule is C=C.C[C@@H]1CCC[C@H](C)C1. The molecule has 0 aromatic heterocycles. The molecule has 1 aliphatic carbocycles. The van der Waals surface area contributed by atoms with Crippen LogP contribution in [-0.4, -0.2) is 0 Å². The first-order valence-electron chi connectivity index (χ1n) is 4.29. The Balaban J connectivity index is 0.000000371. The first-order valence-corrected chi connectivity index (χ1v) is 4.29. The molecule has 1 fully saturated rings. The molecule has 0 N–H and O–H groups in total. The molecule has 0 amide bonds. The largest absolute Gasteiger partial charge is 0.106 e. The highest BCUT2D eigenvalue weighted by atomic mass is 14.2. The third kappa shape index (κ3) is 3.71. The van der Waals surface area contributed by atoms with Crippen LogP contribution < -0.4 is 0 Å². The summed E-state index contributed by atoms with van der Waals surface area (Å²) in [6.45, 7) is 10.7. The van der Waals surface area contributed by atoms with Crippen LogP contribution in [0.25, 0.3) is 0 Å². The summed E-state index contributed by atoms with van der Waals surface area (Å²) in [6.07, 6.45) is 5.90. The lowest BCUT2D eigenvalue weighted by Crippen LogP contribution is -2.09. The van der Waals surface area contributed by atoms with Crippen LogP contribution in [0.2, 0.25) is 0 Å². The van der Waals surface area contributed by atoms with Crippen LogP contribution in [-0.2, 0) is 0 Å². The van der Waals surface area contributed by atoms with Crippen LogP contribution in [0.3, 0.4) is 0 Å². The van der Waals surface area contributed by atoms with E-state index < -0.39 is 0 Å². The normalized spacial score (nSPS) is 32.2. The molecule has 0 aromatic rings. The Hall–Kier alpha value is -0.260. The molecular formula is C10H20. The molecule has 0 heteroatoms. The van der Waals surface area contributed by atoms with Crippen LogP contribution in [0, 0.1) is 11.8 Å². The first kappa shape index (κ1) is 9.74. The van der Waals surface area contributed by atoms with E-state index in [4.69, 9.17) is 0 Å². The molecule has 0 spiro atoms. The molecule has 1 saturated carbocycles. The molecule has 0 unspecified atom stereocenters. The Morgan fingerprint density at radius 2 is 1.40 bits per heavy atom. The van der Waals surface area contributed by atoms with Crippen molar-refractivity contribution in [3.63, 3.8) is 0 Å². The van der Waals surface area contributed by atoms with Gasteiger partial charge in [-0.25, -0.2) is 0 Å². The van der Waals surface area contributed by atoms with Crippen molar-refractivity contribution in [1.29, 1.82) is 0 Å². The second kappa shape index (κ2) is 5.52. The molecule has 10 heavy (non-hydrogen) atoms. The van der Waals surface area contributed by atoms with E-state index in [9.17, 15) is 0 Å². The number of hydrogen-bond donors (Lipinski definition) is 0. The lowest BCUT2D eigenvalue weighted by molar-refractivity contribution is 0.301. The molecule has 0 nitrogen and oxygen atoms in total. The van der Waals surface area contributed by atoms with Gasteiger partial charge < -0.3 is 0 Å². The van der Waals surface area contributed by atoms with E-state index in [2.05, 4.69) is 27.0 Å². The van der Waals surface area contributed by atoms with Gasteiger partial charge in [-0.1, -0.05) is 33.1 Å². The zero-order chi connectivity index (χ0) is 7.98. The molecule has 0 aliphatic heterocycles. The van der Waals surface area contributed by atoms with Crippen molar-refractivity contribution in [3.8, 4) is 0 Å². The molecule has 0 radical (unpaired) electrons. The van der Waals surface area contributed by atoms with E-state index in [1.54, 1.807) is 0 Å². The highest BCUT2D eigenvalue weighted by Crippen LogP contribution is 2.27. The zero-order valence-electron chi connectivity index (χ0n) is 7.40. The minimum Gasteiger partial charge on any atom is -0.106 e. The molecular weight excluding hydrogens is 120 g/mol. The number of hydrogen-bond acceptors (Lipinski definition) is 0. The van der Waals surface area contributed by atoms with Gasteiger partial charge in [0.05, 0.1) is 0 Å². The molecule has 1 aliphatic rings. The van der Waals surface area contributed by atoms with E-state index in [0.717, 1.165) is 11.8 Å². The van der Waals surface area contributed by atoms with Gasteiger partial charge in [-0.15, -0.1) is 13.2 Å². The van der Waals surface area contributed by atoms with Crippen LogP contribution >= 0.6 is 0 Å². The molecule has 2 atom stereocenters. The Morgan fingerprint density at radius 1 is 1.00 bits per heavy atom. The predicted molar refractivity (Wildman–Crippen MR) is 48.1 cm³/mol. The van der Waals surface area contributed by atoms with Crippen molar-refractivity contribution in [3.05, 3.63) is 13.2 Å². The Kier molecular flexibility index (Phi) is 5.38. The van der Waals surface area contributed by atoms with Gasteiger partial charge in [-0.05, 0) is 18.3 Å². The summed E-state index contributed by atoms with van der Waals surface area (Å²) in [6, 6.07) is 0. The third-order valence-corrected chi connectivity index (χ3v) is 2.20. The quantitative estimate of drug-likeness (QED) is 0.451. The van der Waals surface area contributed by atoms with Crippen molar-refractivity contribution >= 4 is 0 Å². The van der Waals surface area contributed by atoms with Crippen LogP contribution in [0.15, 0.2) is 13.2 Å². The maximum atomic E-state index is 3.00. The molecule has 60 valence electrons. The van der Waals surface area contributed by atoms with Crippen molar-refractivity contribution < 1.29 is 0 Å². The smallest absolute Gasteiger partial charge is 0.0440 e. The number of rotatable bonds is 0. The Morgan fingerprint density at radius 3 is 1.60 bits per heavy atom. The predicted octanol–water partition coefficient (Wildman–Crippen LogP) is 3.63. The van der Waals surface area contributed by atoms with Crippen LogP contribution in [0.4, 0.5) is 0 Å². The zero-order valence-corrected chi connectivity index (χ0v) is 7.40. The standard InChI is InChI=1S/C8H16.C2H4/c1-7-4-3-5-8(2)6-7;1-2/h7-8H,3-6H2,1-2H3;1-2H2/t7-,8+;. The van der Waals surface area contributed by atoms with E-state index in [1.165, 1.54) is 25.7 Å². The first-order chi connectivity index (χ1) is 4.79. The summed E-state index contributed by atoms with van der Waals surface area (Å²) in [5.41, 5.74) is 0. The van der Waals surface area contributed by atoms with Gasteiger partial charge in [0.1, 0.15) is 0 Å². The van der Waals surface area contributed by atoms with Crippen molar-refractivity contribution in [1.82, 2.24) is 0 Å². The Bertz CT molecular complexity index is 68.1. The summed E-state index contributed by atoms with van der Waals surface area (Å²) in [5, 5.41) is 0. The van der Waals surface area contributed by atoms with E-state index in [-0.39, 0.29) is 0 Å². The molecule has 0 aromatic carbocycles. The van der Waals surface area contributed by atoms with Crippen LogP contribution in [0.5, 0.6) is 0 Å². The minimum atomic E-state index is 1.01. The van der Waals surface area contributed by atoms with Crippen molar-refractivity contribution in [2.75, 3.05) is 0 Å². The van der Waals surface area contributed by atoms with Crippen LogP contribution in [0.1, 0.15) is 39.5 Å². The molecule has 1 rings (SSSR count). The summed E-state index contributed by atoms with van der Waals surface area (Å²) in [5.74, 6) is 2.03. The maximum Gasteiger partial charge on any atom is -0.0440 e. The average Bonchev–Trinajstić information content (AvgIpc) is 1.91. The highest BCUT2D eigenvalue weighted by Gasteiger charge is 2.13. The monoisotopic (exact) mass is 140 g/mol. The lowest BCUT2D eigenvalue weighted by atomic mass is 9.84. The topological polar surface area (TPSA) is 0 Å². The van der Waals surface area contributed by atoms with Gasteiger partial charge in [0.25, 0.3) is 0 Å². The van der Waals surface area contributed by atoms with Gasteiger partial charge >= 0.3 is 0 Å². The van der Waals surface area contributed by atoms with E-state index in [0.29, 0.717) is 0 Å². The van der Waals surface area contributed by atoms with Gasteiger partial charge in [-0.2, -0.15) is 0 Å². The fourth-order valence-electron chi connectivity index (χ4n) is 1.74. The lowest BCUT2D eigenvalue weighted by Gasteiger charge is -2.22. The van der Waals surface area contributed by atoms with Gasteiger partial charge in [0, 0.05) is 0 Å². The molecule has 0 bridgehead atoms. The fourth-order valence-corrected chi connectivity index (χ4v) is 1.74. The summed E-state index contributed by atoms with van der Waals surface area (Å²) >= 11 is 0. The summed E-state index contributed by atoms with van der Waals surface area (Å²) in [4.78, 5) is 0. The minimum absolute atomic E-state index is 1.01. The fraction of sp³-hybridized carbons (Fsp3) is 0.800. The summed E-state index contributed by atoms with van der Waals surface area (Å²) in [7, 11) is 0.